The van der Waals surface area contributed by atoms with Crippen LogP contribution in [0.25, 0.3) is 0 Å². The lowest BCUT2D eigenvalue weighted by atomic mass is 10.1. The van der Waals surface area contributed by atoms with E-state index < -0.39 is 30.4 Å². The summed E-state index contributed by atoms with van der Waals surface area (Å²) in [6.07, 6.45) is -4.28. The zero-order chi connectivity index (χ0) is 24.5. The summed E-state index contributed by atoms with van der Waals surface area (Å²) in [4.78, 5) is 26.7. The third kappa shape index (κ3) is 7.43. The van der Waals surface area contributed by atoms with Gasteiger partial charge in [0.05, 0.1) is 40.0 Å². The molecule has 0 aromatic heterocycles. The fraction of sp³-hybridized carbons (Fsp3) is 0.636. The van der Waals surface area contributed by atoms with Gasteiger partial charge in [-0.2, -0.15) is 0 Å². The summed E-state index contributed by atoms with van der Waals surface area (Å²) >= 11 is 0. The van der Waals surface area contributed by atoms with Crippen molar-refractivity contribution in [3.63, 3.8) is 0 Å². The van der Waals surface area contributed by atoms with E-state index in [0.717, 1.165) is 13.1 Å². The Bertz CT molecular complexity index is 798. The van der Waals surface area contributed by atoms with Crippen LogP contribution in [0.4, 0.5) is 10.5 Å². The summed E-state index contributed by atoms with van der Waals surface area (Å²) in [6.45, 7) is 4.18. The molecule has 1 aromatic carbocycles. The van der Waals surface area contributed by atoms with E-state index in [-0.39, 0.29) is 18.9 Å². The second kappa shape index (κ2) is 12.7. The van der Waals surface area contributed by atoms with Crippen LogP contribution in [0, 0.1) is 0 Å². The van der Waals surface area contributed by atoms with Gasteiger partial charge in [-0.05, 0) is 0 Å². The number of hydrogen-bond donors (Lipinski definition) is 5. The van der Waals surface area contributed by atoms with E-state index in [1.807, 2.05) is 0 Å². The third-order valence-electron chi connectivity index (χ3n) is 5.77. The number of anilines is 1. The zero-order valence-electron chi connectivity index (χ0n) is 19.5. The average molecular weight is 483 g/mol. The van der Waals surface area contributed by atoms with Crippen LogP contribution in [0.2, 0.25) is 0 Å². The minimum atomic E-state index is -1.23. The van der Waals surface area contributed by atoms with Crippen molar-refractivity contribution >= 4 is 17.6 Å². The van der Waals surface area contributed by atoms with E-state index >= 15 is 0 Å². The number of ether oxygens (including phenoxy) is 4. The lowest BCUT2D eigenvalue weighted by molar-refractivity contribution is -0.125. The minimum Gasteiger partial charge on any atom is -0.497 e. The lowest BCUT2D eigenvalue weighted by Gasteiger charge is -2.26. The number of nitrogens with one attached hydrogen (secondary N) is 3. The van der Waals surface area contributed by atoms with Crippen LogP contribution >= 0.6 is 0 Å². The highest BCUT2D eigenvalue weighted by atomic mass is 16.5. The van der Waals surface area contributed by atoms with E-state index in [1.54, 1.807) is 18.2 Å². The number of methoxy groups -OCH3 is 2. The Morgan fingerprint density at radius 1 is 1.03 bits per heavy atom. The second-order valence-electron chi connectivity index (χ2n) is 8.14. The maximum Gasteiger partial charge on any atom is 0.319 e. The highest BCUT2D eigenvalue weighted by Gasteiger charge is 2.43. The van der Waals surface area contributed by atoms with Crippen LogP contribution in [0.1, 0.15) is 6.42 Å². The number of amides is 3. The number of morpholine rings is 1. The number of hydrogen-bond acceptors (Lipinski definition) is 9. The Balaban J connectivity index is 1.41. The smallest absolute Gasteiger partial charge is 0.319 e. The molecular weight excluding hydrogens is 448 g/mol. The molecule has 2 fully saturated rings. The Morgan fingerprint density at radius 2 is 1.68 bits per heavy atom. The molecular formula is C22H34N4O8. The Kier molecular flexibility index (Phi) is 9.72. The van der Waals surface area contributed by atoms with Crippen molar-refractivity contribution in [2.24, 2.45) is 0 Å². The van der Waals surface area contributed by atoms with Gasteiger partial charge in [0.2, 0.25) is 5.91 Å². The normalized spacial score (nSPS) is 24.9. The summed E-state index contributed by atoms with van der Waals surface area (Å²) in [6, 6.07) is 4.39. The summed E-state index contributed by atoms with van der Waals surface area (Å²) in [5.41, 5.74) is 0.452. The number of carbonyl (C=O) groups is 2. The standard InChI is InChI=1S/C22H34N4O8/c1-31-15-9-14(10-16(11-15)32-2)25-22(30)24-13-18-21(29)20(28)17(34-18)12-19(27)23-3-4-26-5-7-33-8-6-26/h9-11,17-18,20-21,28-29H,3-8,12-13H2,1-2H3,(H,23,27)(H2,24,25,30). The zero-order valence-corrected chi connectivity index (χ0v) is 19.5. The topological polar surface area (TPSA) is 151 Å². The van der Waals surface area contributed by atoms with Gasteiger partial charge in [-0.15, -0.1) is 0 Å². The molecule has 0 radical (unpaired) electrons. The van der Waals surface area contributed by atoms with Gasteiger partial charge in [0.25, 0.3) is 0 Å². The summed E-state index contributed by atoms with van der Waals surface area (Å²) in [5, 5.41) is 28.6. The maximum atomic E-state index is 12.3. The molecule has 5 N–H and O–H groups in total. The van der Waals surface area contributed by atoms with Gasteiger partial charge in [-0.3, -0.25) is 9.69 Å². The Labute approximate surface area is 198 Å². The third-order valence-corrected chi connectivity index (χ3v) is 5.77. The van der Waals surface area contributed by atoms with Crippen molar-refractivity contribution in [1.82, 2.24) is 15.5 Å². The first kappa shape index (κ1) is 26.0. The molecule has 3 amide bonds. The molecule has 4 atom stereocenters. The SMILES string of the molecule is COc1cc(NC(=O)NCC2OC(CC(=O)NCCN3CCOCC3)C(O)C2O)cc(OC)c1. The quantitative estimate of drug-likeness (QED) is 0.287. The second-order valence-corrected chi connectivity index (χ2v) is 8.14. The molecule has 2 heterocycles. The van der Waals surface area contributed by atoms with Crippen LogP contribution in [0.3, 0.4) is 0 Å². The predicted octanol–water partition coefficient (Wildman–Crippen LogP) is -0.847. The molecule has 0 bridgehead atoms. The van der Waals surface area contributed by atoms with Gasteiger partial charge in [0.1, 0.15) is 29.8 Å². The molecule has 3 rings (SSSR count). The number of aliphatic hydroxyl groups is 2. The maximum absolute atomic E-state index is 12.3. The minimum absolute atomic E-state index is 0.0552. The highest BCUT2D eigenvalue weighted by Crippen LogP contribution is 2.26. The first-order valence-electron chi connectivity index (χ1n) is 11.3. The van der Waals surface area contributed by atoms with Gasteiger partial charge in [-0.1, -0.05) is 0 Å². The molecule has 34 heavy (non-hydrogen) atoms. The molecule has 12 nitrogen and oxygen atoms in total. The molecule has 0 spiro atoms. The van der Waals surface area contributed by atoms with Crippen LogP contribution in [0.15, 0.2) is 18.2 Å². The number of carbonyl (C=O) groups excluding carboxylic acids is 2. The van der Waals surface area contributed by atoms with Gasteiger partial charge in [0, 0.05) is 56.6 Å². The lowest BCUT2D eigenvalue weighted by Crippen LogP contribution is -2.42. The number of rotatable bonds is 10. The van der Waals surface area contributed by atoms with Gasteiger partial charge in [0.15, 0.2) is 0 Å². The fourth-order valence-corrected chi connectivity index (χ4v) is 3.84. The average Bonchev–Trinajstić information content (AvgIpc) is 3.10. The Hall–Kier alpha value is -2.64. The van der Waals surface area contributed by atoms with E-state index in [9.17, 15) is 19.8 Å². The molecule has 0 aliphatic carbocycles. The van der Waals surface area contributed by atoms with Crippen molar-refractivity contribution < 1.29 is 38.7 Å². The highest BCUT2D eigenvalue weighted by molar-refractivity contribution is 5.89. The Morgan fingerprint density at radius 3 is 2.32 bits per heavy atom. The van der Waals surface area contributed by atoms with E-state index in [0.29, 0.717) is 43.5 Å². The summed E-state index contributed by atoms with van der Waals surface area (Å²) in [7, 11) is 3.01. The van der Waals surface area contributed by atoms with E-state index in [1.165, 1.54) is 14.2 Å². The van der Waals surface area contributed by atoms with E-state index in [4.69, 9.17) is 18.9 Å². The van der Waals surface area contributed by atoms with Crippen molar-refractivity contribution in [2.75, 3.05) is 65.5 Å². The molecule has 4 unspecified atom stereocenters. The number of benzene rings is 1. The van der Waals surface area contributed by atoms with Gasteiger partial charge < -0.3 is 45.1 Å². The van der Waals surface area contributed by atoms with Crippen LogP contribution in [0.5, 0.6) is 11.5 Å². The first-order valence-corrected chi connectivity index (χ1v) is 11.3. The monoisotopic (exact) mass is 482 g/mol. The molecule has 12 heteroatoms. The number of urea groups is 1. The van der Waals surface area contributed by atoms with Crippen molar-refractivity contribution in [2.45, 2.75) is 30.8 Å². The van der Waals surface area contributed by atoms with Crippen molar-refractivity contribution in [3.05, 3.63) is 18.2 Å². The fourth-order valence-electron chi connectivity index (χ4n) is 3.84. The van der Waals surface area contributed by atoms with Crippen molar-refractivity contribution in [1.29, 1.82) is 0 Å². The van der Waals surface area contributed by atoms with Gasteiger partial charge in [-0.25, -0.2) is 4.79 Å². The van der Waals surface area contributed by atoms with E-state index in [2.05, 4.69) is 20.9 Å². The molecule has 190 valence electrons. The number of nitrogens with zero attached hydrogens (tertiary/aromatic N) is 1. The van der Waals surface area contributed by atoms with Crippen LogP contribution < -0.4 is 25.4 Å². The van der Waals surface area contributed by atoms with Gasteiger partial charge >= 0.3 is 6.03 Å². The molecule has 1 aromatic rings. The molecule has 2 aliphatic rings. The molecule has 0 saturated carbocycles. The first-order chi connectivity index (χ1) is 16.4. The van der Waals surface area contributed by atoms with Crippen LogP contribution in [-0.4, -0.2) is 112 Å². The number of aliphatic hydroxyl groups excluding tert-OH is 2. The summed E-state index contributed by atoms with van der Waals surface area (Å²) in [5.74, 6) is 0.750. The van der Waals surface area contributed by atoms with Crippen LogP contribution in [-0.2, 0) is 14.3 Å². The molecule has 2 aliphatic heterocycles. The molecule has 2 saturated heterocycles. The van der Waals surface area contributed by atoms with Crippen molar-refractivity contribution in [3.8, 4) is 11.5 Å². The summed E-state index contributed by atoms with van der Waals surface area (Å²) < 4.78 is 21.3. The largest absolute Gasteiger partial charge is 0.497 e. The predicted molar refractivity (Wildman–Crippen MR) is 122 cm³/mol.